The molecule has 3 aromatic heterocycles. The minimum atomic E-state index is -4.47. The third kappa shape index (κ3) is 2.58. The Hall–Kier alpha value is -1.61. The fourth-order valence-electron chi connectivity index (χ4n) is 2.07. The molecule has 0 aliphatic carbocycles. The molecular formula is C13H11F3N4S2. The van der Waals surface area contributed by atoms with Gasteiger partial charge in [0.05, 0.1) is 22.7 Å². The van der Waals surface area contributed by atoms with Gasteiger partial charge in [0, 0.05) is 7.05 Å². The molecule has 0 N–H and O–H groups in total. The van der Waals surface area contributed by atoms with Crippen molar-refractivity contribution in [2.75, 3.05) is 5.75 Å². The van der Waals surface area contributed by atoms with E-state index in [1.807, 2.05) is 6.92 Å². The van der Waals surface area contributed by atoms with Gasteiger partial charge >= 0.3 is 6.18 Å². The second-order valence-electron chi connectivity index (χ2n) is 4.47. The van der Waals surface area contributed by atoms with Crippen molar-refractivity contribution in [3.8, 4) is 10.7 Å². The van der Waals surface area contributed by atoms with Crippen LogP contribution in [0, 0.1) is 0 Å². The number of halogens is 3. The first kappa shape index (κ1) is 15.3. The van der Waals surface area contributed by atoms with Crippen LogP contribution in [0.5, 0.6) is 0 Å². The molecule has 22 heavy (non-hydrogen) atoms. The van der Waals surface area contributed by atoms with Gasteiger partial charge in [0.15, 0.2) is 5.82 Å². The van der Waals surface area contributed by atoms with Crippen molar-refractivity contribution in [1.82, 2.24) is 19.5 Å². The average molecular weight is 344 g/mol. The van der Waals surface area contributed by atoms with Crippen LogP contribution in [0.4, 0.5) is 13.2 Å². The van der Waals surface area contributed by atoms with Crippen LogP contribution in [0.15, 0.2) is 22.8 Å². The summed E-state index contributed by atoms with van der Waals surface area (Å²) in [5, 5.41) is 0.843. The Bertz CT molecular complexity index is 822. The molecule has 0 aromatic carbocycles. The Morgan fingerprint density at radius 3 is 2.77 bits per heavy atom. The zero-order valence-electron chi connectivity index (χ0n) is 11.7. The molecule has 0 radical (unpaired) electrons. The molecule has 0 saturated carbocycles. The summed E-state index contributed by atoms with van der Waals surface area (Å²) in [6, 6.07) is 0.979. The molecule has 0 fully saturated rings. The van der Waals surface area contributed by atoms with Gasteiger partial charge in [-0.15, -0.1) is 23.1 Å². The number of aryl methyl sites for hydroxylation is 1. The minimum absolute atomic E-state index is 0.278. The molecule has 116 valence electrons. The number of pyridine rings is 1. The molecule has 0 bridgehead atoms. The van der Waals surface area contributed by atoms with E-state index in [0.29, 0.717) is 11.3 Å². The summed E-state index contributed by atoms with van der Waals surface area (Å²) in [5.41, 5.74) is 1.62. The van der Waals surface area contributed by atoms with Gasteiger partial charge < -0.3 is 4.57 Å². The van der Waals surface area contributed by atoms with Gasteiger partial charge in [-0.2, -0.15) is 13.2 Å². The zero-order chi connectivity index (χ0) is 15.9. The topological polar surface area (TPSA) is 43.6 Å². The van der Waals surface area contributed by atoms with Crippen LogP contribution in [0.25, 0.3) is 21.7 Å². The van der Waals surface area contributed by atoms with Gasteiger partial charge in [-0.25, -0.2) is 15.0 Å². The zero-order valence-corrected chi connectivity index (χ0v) is 13.3. The molecule has 0 saturated heterocycles. The third-order valence-electron chi connectivity index (χ3n) is 3.08. The summed E-state index contributed by atoms with van der Waals surface area (Å²) < 4.78 is 40.0. The van der Waals surface area contributed by atoms with E-state index in [1.54, 1.807) is 28.9 Å². The van der Waals surface area contributed by atoms with Crippen LogP contribution in [0.3, 0.4) is 0 Å². The number of fused-ring (bicyclic) bond motifs is 1. The van der Waals surface area contributed by atoms with E-state index in [0.717, 1.165) is 21.7 Å². The number of thioether (sulfide) groups is 1. The number of thiazole rings is 1. The second-order valence-corrected chi connectivity index (χ2v) is 6.58. The number of aromatic nitrogens is 4. The van der Waals surface area contributed by atoms with Crippen molar-refractivity contribution in [2.45, 2.75) is 18.1 Å². The number of rotatable bonds is 3. The Kier molecular flexibility index (Phi) is 3.85. The predicted octanol–water partition coefficient (Wildman–Crippen LogP) is 4.22. The first-order valence-corrected chi connectivity index (χ1v) is 8.24. The molecular weight excluding hydrogens is 333 g/mol. The molecule has 3 aromatic rings. The van der Waals surface area contributed by atoms with Crippen LogP contribution in [0.2, 0.25) is 0 Å². The summed E-state index contributed by atoms with van der Waals surface area (Å²) in [4.78, 5) is 13.0. The highest BCUT2D eigenvalue weighted by Gasteiger charge is 2.33. The maximum absolute atomic E-state index is 12.8. The SMILES string of the molecule is CCSc1ncsc1-c1nc2cc(C(F)(F)F)ncc2n1C. The van der Waals surface area contributed by atoms with Gasteiger partial charge in [-0.3, -0.25) is 0 Å². The average Bonchev–Trinajstić information content (AvgIpc) is 3.03. The Balaban J connectivity index is 2.15. The summed E-state index contributed by atoms with van der Waals surface area (Å²) in [6.45, 7) is 2.02. The largest absolute Gasteiger partial charge is 0.433 e. The van der Waals surface area contributed by atoms with E-state index in [4.69, 9.17) is 0 Å². The van der Waals surface area contributed by atoms with Gasteiger partial charge in [0.1, 0.15) is 15.6 Å². The Labute approximate surface area is 132 Å². The fraction of sp³-hybridized carbons (Fsp3) is 0.308. The van der Waals surface area contributed by atoms with Crippen molar-refractivity contribution < 1.29 is 13.2 Å². The smallest absolute Gasteiger partial charge is 0.325 e. The number of imidazole rings is 1. The molecule has 9 heteroatoms. The van der Waals surface area contributed by atoms with Crippen LogP contribution >= 0.6 is 23.1 Å². The predicted molar refractivity (Wildman–Crippen MR) is 81.0 cm³/mol. The van der Waals surface area contributed by atoms with E-state index < -0.39 is 11.9 Å². The summed E-state index contributed by atoms with van der Waals surface area (Å²) in [6.07, 6.45) is -3.26. The van der Waals surface area contributed by atoms with Crippen molar-refractivity contribution >= 4 is 34.1 Å². The highest BCUT2D eigenvalue weighted by atomic mass is 32.2. The standard InChI is InChI=1S/C13H11F3N4S2/c1-3-21-12-10(22-6-18-12)11-19-7-4-9(13(14,15)16)17-5-8(7)20(11)2/h4-6H,3H2,1-2H3. The highest BCUT2D eigenvalue weighted by Crippen LogP contribution is 2.35. The second kappa shape index (κ2) is 5.54. The van der Waals surface area contributed by atoms with E-state index >= 15 is 0 Å². The van der Waals surface area contributed by atoms with E-state index in [2.05, 4.69) is 15.0 Å². The maximum Gasteiger partial charge on any atom is 0.433 e. The van der Waals surface area contributed by atoms with E-state index in [1.165, 1.54) is 17.5 Å². The quantitative estimate of drug-likeness (QED) is 0.667. The van der Waals surface area contributed by atoms with Crippen LogP contribution < -0.4 is 0 Å². The number of hydrogen-bond acceptors (Lipinski definition) is 5. The lowest BCUT2D eigenvalue weighted by molar-refractivity contribution is -0.141. The molecule has 3 heterocycles. The molecule has 0 amide bonds. The Morgan fingerprint density at radius 1 is 1.32 bits per heavy atom. The molecule has 0 atom stereocenters. The normalized spacial score (nSPS) is 12.2. The van der Waals surface area contributed by atoms with Crippen LogP contribution in [0.1, 0.15) is 12.6 Å². The molecule has 0 spiro atoms. The van der Waals surface area contributed by atoms with Crippen molar-refractivity contribution in [2.24, 2.45) is 7.05 Å². The fourth-order valence-corrected chi connectivity index (χ4v) is 3.79. The first-order chi connectivity index (χ1) is 10.4. The third-order valence-corrected chi connectivity index (χ3v) is 4.90. The lowest BCUT2D eigenvalue weighted by Gasteiger charge is -2.04. The van der Waals surface area contributed by atoms with E-state index in [9.17, 15) is 13.2 Å². The molecule has 0 aliphatic rings. The van der Waals surface area contributed by atoms with Crippen molar-refractivity contribution in [1.29, 1.82) is 0 Å². The summed E-state index contributed by atoms with van der Waals surface area (Å²) in [7, 11) is 1.76. The molecule has 0 unspecified atom stereocenters. The Morgan fingerprint density at radius 2 is 2.09 bits per heavy atom. The van der Waals surface area contributed by atoms with Gasteiger partial charge in [0.2, 0.25) is 0 Å². The number of alkyl halides is 3. The van der Waals surface area contributed by atoms with Crippen LogP contribution in [-0.4, -0.2) is 25.3 Å². The van der Waals surface area contributed by atoms with Gasteiger partial charge in [-0.1, -0.05) is 6.92 Å². The van der Waals surface area contributed by atoms with Gasteiger partial charge in [0.25, 0.3) is 0 Å². The summed E-state index contributed by atoms with van der Waals surface area (Å²) >= 11 is 3.00. The lowest BCUT2D eigenvalue weighted by Crippen LogP contribution is -2.07. The summed E-state index contributed by atoms with van der Waals surface area (Å²) in [5.74, 6) is 1.47. The lowest BCUT2D eigenvalue weighted by atomic mass is 10.3. The van der Waals surface area contributed by atoms with Crippen molar-refractivity contribution in [3.05, 3.63) is 23.5 Å². The number of nitrogens with zero attached hydrogens (tertiary/aromatic N) is 4. The molecule has 3 rings (SSSR count). The first-order valence-electron chi connectivity index (χ1n) is 6.38. The monoisotopic (exact) mass is 344 g/mol. The minimum Gasteiger partial charge on any atom is -0.325 e. The van der Waals surface area contributed by atoms with E-state index in [-0.39, 0.29) is 5.52 Å². The van der Waals surface area contributed by atoms with Crippen LogP contribution in [-0.2, 0) is 13.2 Å². The van der Waals surface area contributed by atoms with Crippen molar-refractivity contribution in [3.63, 3.8) is 0 Å². The maximum atomic E-state index is 12.8. The number of hydrogen-bond donors (Lipinski definition) is 0. The molecule has 4 nitrogen and oxygen atoms in total. The highest BCUT2D eigenvalue weighted by molar-refractivity contribution is 7.99. The van der Waals surface area contributed by atoms with Gasteiger partial charge in [-0.05, 0) is 11.8 Å². The molecule has 0 aliphatic heterocycles.